The van der Waals surface area contributed by atoms with Gasteiger partial charge in [-0.25, -0.2) is 8.42 Å². The molecule has 1 N–H and O–H groups in total. The van der Waals surface area contributed by atoms with Crippen molar-refractivity contribution in [2.24, 2.45) is 0 Å². The summed E-state index contributed by atoms with van der Waals surface area (Å²) < 4.78 is 32.8. The van der Waals surface area contributed by atoms with Crippen LogP contribution in [-0.2, 0) is 14.8 Å². The summed E-state index contributed by atoms with van der Waals surface area (Å²) in [6, 6.07) is 1.09. The lowest BCUT2D eigenvalue weighted by atomic mass is 9.91. The molecule has 0 amide bonds. The average Bonchev–Trinajstić information content (AvgIpc) is 2.49. The number of nitrogens with zero attached hydrogens (tertiary/aromatic N) is 1. The first-order valence-corrected chi connectivity index (χ1v) is 8.83. The molecule has 0 bridgehead atoms. The molecule has 2 atom stereocenters. The second-order valence-corrected chi connectivity index (χ2v) is 7.69. The molecule has 0 spiro atoms. The third-order valence-electron chi connectivity index (χ3n) is 4.12. The first kappa shape index (κ1) is 15.0. The van der Waals surface area contributed by atoms with Crippen LogP contribution in [0.4, 0.5) is 0 Å². The number of hydrogen-bond donors (Lipinski definition) is 1. The number of morpholine rings is 1. The summed E-state index contributed by atoms with van der Waals surface area (Å²) in [5.74, 6) is 0. The first-order chi connectivity index (χ1) is 10.00. The molecule has 2 aliphatic rings. The quantitative estimate of drug-likeness (QED) is 0.887. The van der Waals surface area contributed by atoms with Crippen LogP contribution < -0.4 is 5.56 Å². The number of pyridine rings is 1. The highest BCUT2D eigenvalue weighted by molar-refractivity contribution is 7.89. The molecule has 1 aromatic heterocycles. The van der Waals surface area contributed by atoms with Gasteiger partial charge in [-0.3, -0.25) is 4.79 Å². The zero-order chi connectivity index (χ0) is 15.0. The summed E-state index contributed by atoms with van der Waals surface area (Å²) in [5, 5.41) is -0.121. The monoisotopic (exact) mass is 332 g/mol. The minimum Gasteiger partial charge on any atom is -0.375 e. The standard InChI is InChI=1S/C13H17ClN2O4S/c14-10-7-9(8-15-13(10)17)21(18,19)16-5-6-20-12-4-2-1-3-11(12)16/h7-8,11-12H,1-6H2,(H,15,17). The fourth-order valence-corrected chi connectivity index (χ4v) is 4.98. The van der Waals surface area contributed by atoms with Crippen molar-refractivity contribution in [3.8, 4) is 0 Å². The number of aromatic nitrogens is 1. The Hall–Kier alpha value is -0.890. The number of nitrogens with one attached hydrogen (secondary N) is 1. The largest absolute Gasteiger partial charge is 0.375 e. The maximum atomic E-state index is 12.8. The van der Waals surface area contributed by atoms with E-state index in [0.29, 0.717) is 13.2 Å². The molecule has 0 aromatic carbocycles. The number of fused-ring (bicyclic) bond motifs is 1. The van der Waals surface area contributed by atoms with Crippen LogP contribution in [0.25, 0.3) is 0 Å². The lowest BCUT2D eigenvalue weighted by molar-refractivity contribution is -0.0586. The Labute approximate surface area is 128 Å². The Balaban J connectivity index is 1.96. The van der Waals surface area contributed by atoms with Gasteiger partial charge in [0.2, 0.25) is 10.0 Å². The lowest BCUT2D eigenvalue weighted by Gasteiger charge is -2.42. The van der Waals surface area contributed by atoms with Crippen molar-refractivity contribution in [2.75, 3.05) is 13.2 Å². The van der Waals surface area contributed by atoms with Gasteiger partial charge in [0.05, 0.1) is 23.6 Å². The lowest BCUT2D eigenvalue weighted by Crippen LogP contribution is -2.54. The second-order valence-electron chi connectivity index (χ2n) is 5.39. The van der Waals surface area contributed by atoms with Crippen molar-refractivity contribution < 1.29 is 13.2 Å². The fourth-order valence-electron chi connectivity index (χ4n) is 3.08. The highest BCUT2D eigenvalue weighted by atomic mass is 35.5. The fraction of sp³-hybridized carbons (Fsp3) is 0.615. The summed E-state index contributed by atoms with van der Waals surface area (Å²) in [6.45, 7) is 0.734. The maximum Gasteiger partial charge on any atom is 0.266 e. The second kappa shape index (κ2) is 5.72. The van der Waals surface area contributed by atoms with Crippen LogP contribution in [0.1, 0.15) is 25.7 Å². The van der Waals surface area contributed by atoms with Crippen LogP contribution in [0.3, 0.4) is 0 Å². The molecule has 2 unspecified atom stereocenters. The Morgan fingerprint density at radius 1 is 1.33 bits per heavy atom. The predicted molar refractivity (Wildman–Crippen MR) is 78.0 cm³/mol. The molecule has 3 rings (SSSR count). The van der Waals surface area contributed by atoms with E-state index in [2.05, 4.69) is 4.98 Å². The van der Waals surface area contributed by atoms with E-state index in [9.17, 15) is 13.2 Å². The number of sulfonamides is 1. The highest BCUT2D eigenvalue weighted by Gasteiger charge is 2.41. The molecule has 1 aliphatic heterocycles. The highest BCUT2D eigenvalue weighted by Crippen LogP contribution is 2.32. The Kier molecular flexibility index (Phi) is 4.09. The molecule has 21 heavy (non-hydrogen) atoms. The van der Waals surface area contributed by atoms with Crippen LogP contribution in [-0.4, -0.2) is 43.0 Å². The van der Waals surface area contributed by atoms with Gasteiger partial charge < -0.3 is 9.72 Å². The van der Waals surface area contributed by atoms with Gasteiger partial charge in [-0.2, -0.15) is 4.31 Å². The van der Waals surface area contributed by atoms with Gasteiger partial charge in [0.15, 0.2) is 0 Å². The van der Waals surface area contributed by atoms with E-state index in [1.165, 1.54) is 16.6 Å². The number of halogens is 1. The number of ether oxygens (including phenoxy) is 1. The summed E-state index contributed by atoms with van der Waals surface area (Å²) >= 11 is 5.74. The SMILES string of the molecule is O=c1[nH]cc(S(=O)(=O)N2CCOC3CCCCC32)cc1Cl. The Morgan fingerprint density at radius 3 is 2.86 bits per heavy atom. The third kappa shape index (κ3) is 2.75. The molecule has 1 aromatic rings. The van der Waals surface area contributed by atoms with E-state index < -0.39 is 15.6 Å². The third-order valence-corrected chi connectivity index (χ3v) is 6.30. The van der Waals surface area contributed by atoms with Gasteiger partial charge >= 0.3 is 0 Å². The summed E-state index contributed by atoms with van der Waals surface area (Å²) in [5.41, 5.74) is -0.492. The van der Waals surface area contributed by atoms with E-state index in [1.54, 1.807) is 0 Å². The van der Waals surface area contributed by atoms with Crippen molar-refractivity contribution in [3.63, 3.8) is 0 Å². The molecule has 2 fully saturated rings. The normalized spacial score (nSPS) is 27.3. The minimum atomic E-state index is -3.67. The van der Waals surface area contributed by atoms with Crippen molar-refractivity contribution in [1.82, 2.24) is 9.29 Å². The molecule has 2 heterocycles. The molecule has 8 heteroatoms. The number of rotatable bonds is 2. The minimum absolute atomic E-state index is 0.0262. The van der Waals surface area contributed by atoms with Crippen molar-refractivity contribution >= 4 is 21.6 Å². The van der Waals surface area contributed by atoms with E-state index in [1.807, 2.05) is 0 Å². The average molecular weight is 333 g/mol. The van der Waals surface area contributed by atoms with Gasteiger partial charge in [-0.15, -0.1) is 0 Å². The van der Waals surface area contributed by atoms with Gasteiger partial charge in [0.1, 0.15) is 5.02 Å². The van der Waals surface area contributed by atoms with Crippen LogP contribution >= 0.6 is 11.6 Å². The molecule has 116 valence electrons. The van der Waals surface area contributed by atoms with E-state index in [4.69, 9.17) is 16.3 Å². The Bertz CT molecular complexity index is 686. The van der Waals surface area contributed by atoms with E-state index in [-0.39, 0.29) is 22.1 Å². The molecular formula is C13H17ClN2O4S. The van der Waals surface area contributed by atoms with Crippen molar-refractivity contribution in [2.45, 2.75) is 42.7 Å². The van der Waals surface area contributed by atoms with Crippen LogP contribution in [0.5, 0.6) is 0 Å². The maximum absolute atomic E-state index is 12.8. The first-order valence-electron chi connectivity index (χ1n) is 7.02. The Morgan fingerprint density at radius 2 is 2.10 bits per heavy atom. The number of hydrogen-bond acceptors (Lipinski definition) is 4. The zero-order valence-corrected chi connectivity index (χ0v) is 13.0. The smallest absolute Gasteiger partial charge is 0.266 e. The summed E-state index contributed by atoms with van der Waals surface area (Å²) in [6.07, 6.45) is 4.95. The van der Waals surface area contributed by atoms with Crippen LogP contribution in [0.15, 0.2) is 22.0 Å². The number of H-pyrrole nitrogens is 1. The summed E-state index contributed by atoms with van der Waals surface area (Å²) in [7, 11) is -3.67. The van der Waals surface area contributed by atoms with Crippen LogP contribution in [0, 0.1) is 0 Å². The predicted octanol–water partition coefficient (Wildman–Crippen LogP) is 1.36. The van der Waals surface area contributed by atoms with Gasteiger partial charge in [0.25, 0.3) is 5.56 Å². The van der Waals surface area contributed by atoms with Gasteiger partial charge in [-0.1, -0.05) is 24.4 Å². The van der Waals surface area contributed by atoms with Crippen LogP contribution in [0.2, 0.25) is 5.02 Å². The molecule has 0 radical (unpaired) electrons. The van der Waals surface area contributed by atoms with Crippen molar-refractivity contribution in [1.29, 1.82) is 0 Å². The summed E-state index contributed by atoms with van der Waals surface area (Å²) in [4.78, 5) is 13.7. The van der Waals surface area contributed by atoms with Gasteiger partial charge in [0, 0.05) is 12.7 Å². The van der Waals surface area contributed by atoms with Crippen molar-refractivity contribution in [3.05, 3.63) is 27.6 Å². The zero-order valence-electron chi connectivity index (χ0n) is 11.4. The molecular weight excluding hydrogens is 316 g/mol. The molecule has 1 aliphatic carbocycles. The van der Waals surface area contributed by atoms with E-state index in [0.717, 1.165) is 25.7 Å². The topological polar surface area (TPSA) is 79.5 Å². The molecule has 1 saturated heterocycles. The molecule has 6 nitrogen and oxygen atoms in total. The van der Waals surface area contributed by atoms with E-state index >= 15 is 0 Å². The molecule has 1 saturated carbocycles. The van der Waals surface area contributed by atoms with Gasteiger partial charge in [-0.05, 0) is 18.9 Å². The number of aromatic amines is 1.